The van der Waals surface area contributed by atoms with E-state index in [1.165, 1.54) is 11.8 Å². The van der Waals surface area contributed by atoms with Crippen LogP contribution in [0.15, 0.2) is 30.3 Å². The minimum absolute atomic E-state index is 0.00278. The molecule has 1 amide bonds. The fourth-order valence-electron chi connectivity index (χ4n) is 1.61. The monoisotopic (exact) mass is 281 g/mol. The number of ether oxygens (including phenoxy) is 1. The fraction of sp³-hybridized carbons (Fsp3) is 0.429. The third kappa shape index (κ3) is 5.34. The standard InChI is InChI=1S/C14H19NO3S/c1-3-15(12-8-6-5-7-9-12)13(16)10-19-11-14(17)18-4-2/h5-9H,3-4,10-11H2,1-2H3. The van der Waals surface area contributed by atoms with Gasteiger partial charge < -0.3 is 9.64 Å². The van der Waals surface area contributed by atoms with Crippen LogP contribution in [0.25, 0.3) is 0 Å². The van der Waals surface area contributed by atoms with Gasteiger partial charge >= 0.3 is 5.97 Å². The summed E-state index contributed by atoms with van der Waals surface area (Å²) in [4.78, 5) is 24.9. The minimum Gasteiger partial charge on any atom is -0.465 e. The molecule has 1 aromatic rings. The van der Waals surface area contributed by atoms with Gasteiger partial charge in [-0.05, 0) is 26.0 Å². The van der Waals surface area contributed by atoms with E-state index in [4.69, 9.17) is 4.74 Å². The van der Waals surface area contributed by atoms with E-state index in [0.29, 0.717) is 13.2 Å². The molecule has 0 aliphatic carbocycles. The summed E-state index contributed by atoms with van der Waals surface area (Å²) in [5.41, 5.74) is 0.881. The zero-order valence-electron chi connectivity index (χ0n) is 11.3. The van der Waals surface area contributed by atoms with Crippen LogP contribution in [0.5, 0.6) is 0 Å². The summed E-state index contributed by atoms with van der Waals surface area (Å²) in [6.07, 6.45) is 0. The van der Waals surface area contributed by atoms with Crippen LogP contribution in [0.2, 0.25) is 0 Å². The first-order valence-electron chi connectivity index (χ1n) is 6.27. The van der Waals surface area contributed by atoms with Crippen molar-refractivity contribution < 1.29 is 14.3 Å². The Morgan fingerprint density at radius 1 is 1.16 bits per heavy atom. The molecule has 1 aromatic carbocycles. The molecule has 0 aromatic heterocycles. The first-order chi connectivity index (χ1) is 9.19. The summed E-state index contributed by atoms with van der Waals surface area (Å²) >= 11 is 1.28. The van der Waals surface area contributed by atoms with Gasteiger partial charge in [-0.15, -0.1) is 11.8 Å². The molecule has 5 heteroatoms. The van der Waals surface area contributed by atoms with Gasteiger partial charge in [-0.3, -0.25) is 9.59 Å². The maximum atomic E-state index is 12.1. The van der Waals surface area contributed by atoms with E-state index < -0.39 is 0 Å². The Bertz CT molecular complexity index is 408. The Hall–Kier alpha value is -1.49. The lowest BCUT2D eigenvalue weighted by molar-refractivity contribution is -0.139. The van der Waals surface area contributed by atoms with E-state index in [1.54, 1.807) is 11.8 Å². The molecule has 0 atom stereocenters. The number of amides is 1. The Morgan fingerprint density at radius 3 is 2.42 bits per heavy atom. The molecule has 0 bridgehead atoms. The molecule has 0 aliphatic heterocycles. The number of carbonyl (C=O) groups is 2. The van der Waals surface area contributed by atoms with Gasteiger partial charge in [-0.1, -0.05) is 18.2 Å². The molecular formula is C14H19NO3S. The van der Waals surface area contributed by atoms with Crippen molar-refractivity contribution in [3.63, 3.8) is 0 Å². The van der Waals surface area contributed by atoms with Crippen LogP contribution in [0.1, 0.15) is 13.8 Å². The van der Waals surface area contributed by atoms with Crippen molar-refractivity contribution in [3.05, 3.63) is 30.3 Å². The molecule has 0 heterocycles. The summed E-state index contributed by atoms with van der Waals surface area (Å²) in [7, 11) is 0. The molecule has 104 valence electrons. The number of nitrogens with zero attached hydrogens (tertiary/aromatic N) is 1. The van der Waals surface area contributed by atoms with Crippen LogP contribution in [-0.4, -0.2) is 36.5 Å². The van der Waals surface area contributed by atoms with Gasteiger partial charge in [0.15, 0.2) is 0 Å². The third-order valence-corrected chi connectivity index (χ3v) is 3.33. The van der Waals surface area contributed by atoms with Crippen LogP contribution >= 0.6 is 11.8 Å². The predicted molar refractivity (Wildman–Crippen MR) is 78.4 cm³/mol. The zero-order valence-corrected chi connectivity index (χ0v) is 12.1. The van der Waals surface area contributed by atoms with Crippen LogP contribution in [0.3, 0.4) is 0 Å². The third-order valence-electron chi connectivity index (χ3n) is 2.44. The lowest BCUT2D eigenvalue weighted by Crippen LogP contribution is -2.32. The van der Waals surface area contributed by atoms with Crippen molar-refractivity contribution in [2.45, 2.75) is 13.8 Å². The molecule has 0 saturated carbocycles. The predicted octanol–water partition coefficient (Wildman–Crippen LogP) is 2.34. The van der Waals surface area contributed by atoms with Crippen molar-refractivity contribution >= 4 is 29.3 Å². The second kappa shape index (κ2) is 8.58. The first-order valence-corrected chi connectivity index (χ1v) is 7.43. The van der Waals surface area contributed by atoms with Crippen LogP contribution in [0, 0.1) is 0 Å². The Labute approximate surface area is 118 Å². The highest BCUT2D eigenvalue weighted by Gasteiger charge is 2.14. The van der Waals surface area contributed by atoms with E-state index in [9.17, 15) is 9.59 Å². The number of para-hydroxylation sites is 1. The second-order valence-corrected chi connectivity index (χ2v) is 4.76. The highest BCUT2D eigenvalue weighted by Crippen LogP contribution is 2.14. The highest BCUT2D eigenvalue weighted by molar-refractivity contribution is 8.00. The largest absolute Gasteiger partial charge is 0.465 e. The SMILES string of the molecule is CCOC(=O)CSCC(=O)N(CC)c1ccccc1. The molecule has 19 heavy (non-hydrogen) atoms. The lowest BCUT2D eigenvalue weighted by atomic mass is 10.3. The quantitative estimate of drug-likeness (QED) is 0.720. The minimum atomic E-state index is -0.275. The maximum absolute atomic E-state index is 12.1. The first kappa shape index (κ1) is 15.6. The number of esters is 1. The average Bonchev–Trinajstić information content (AvgIpc) is 2.41. The van der Waals surface area contributed by atoms with E-state index in [1.807, 2.05) is 37.3 Å². The number of thioether (sulfide) groups is 1. The number of anilines is 1. The van der Waals surface area contributed by atoms with Crippen molar-refractivity contribution in [3.8, 4) is 0 Å². The van der Waals surface area contributed by atoms with Gasteiger partial charge in [0.25, 0.3) is 0 Å². The topological polar surface area (TPSA) is 46.6 Å². The fourth-order valence-corrected chi connectivity index (χ4v) is 2.30. The van der Waals surface area contributed by atoms with Gasteiger partial charge in [0.2, 0.25) is 5.91 Å². The number of benzene rings is 1. The maximum Gasteiger partial charge on any atom is 0.315 e. The van der Waals surface area contributed by atoms with Gasteiger partial charge in [-0.2, -0.15) is 0 Å². The lowest BCUT2D eigenvalue weighted by Gasteiger charge is -2.20. The Kier molecular flexibility index (Phi) is 7.03. The molecule has 4 nitrogen and oxygen atoms in total. The molecular weight excluding hydrogens is 262 g/mol. The number of hydrogen-bond donors (Lipinski definition) is 0. The highest BCUT2D eigenvalue weighted by atomic mass is 32.2. The van der Waals surface area contributed by atoms with E-state index in [2.05, 4.69) is 0 Å². The Morgan fingerprint density at radius 2 is 1.84 bits per heavy atom. The number of carbonyl (C=O) groups excluding carboxylic acids is 2. The molecule has 0 unspecified atom stereocenters. The summed E-state index contributed by atoms with van der Waals surface area (Å²) in [6.45, 7) is 4.68. The van der Waals surface area contributed by atoms with Crippen LogP contribution < -0.4 is 4.90 Å². The molecule has 0 spiro atoms. The molecule has 0 saturated heterocycles. The molecule has 0 fully saturated rings. The molecule has 0 N–H and O–H groups in total. The van der Waals surface area contributed by atoms with Crippen LogP contribution in [0.4, 0.5) is 5.69 Å². The van der Waals surface area contributed by atoms with Gasteiger partial charge in [0, 0.05) is 12.2 Å². The van der Waals surface area contributed by atoms with Crippen molar-refractivity contribution in [2.24, 2.45) is 0 Å². The van der Waals surface area contributed by atoms with Crippen molar-refractivity contribution in [1.82, 2.24) is 0 Å². The summed E-state index contributed by atoms with van der Waals surface area (Å²) in [5.74, 6) is 0.221. The summed E-state index contributed by atoms with van der Waals surface area (Å²) < 4.78 is 4.81. The van der Waals surface area contributed by atoms with Gasteiger partial charge in [-0.25, -0.2) is 0 Å². The van der Waals surface area contributed by atoms with Gasteiger partial charge in [0.05, 0.1) is 18.1 Å². The summed E-state index contributed by atoms with van der Waals surface area (Å²) in [5, 5.41) is 0. The number of rotatable bonds is 7. The van der Waals surface area contributed by atoms with E-state index in [0.717, 1.165) is 5.69 Å². The number of hydrogen-bond acceptors (Lipinski definition) is 4. The molecule has 0 radical (unpaired) electrons. The average molecular weight is 281 g/mol. The molecule has 0 aliphatic rings. The summed E-state index contributed by atoms with van der Waals surface area (Å²) in [6, 6.07) is 9.51. The van der Waals surface area contributed by atoms with Gasteiger partial charge in [0.1, 0.15) is 0 Å². The zero-order chi connectivity index (χ0) is 14.1. The Balaban J connectivity index is 2.45. The van der Waals surface area contributed by atoms with Crippen molar-refractivity contribution in [2.75, 3.05) is 29.6 Å². The van der Waals surface area contributed by atoms with E-state index >= 15 is 0 Å². The normalized spacial score (nSPS) is 10.0. The smallest absolute Gasteiger partial charge is 0.315 e. The van der Waals surface area contributed by atoms with Crippen molar-refractivity contribution in [1.29, 1.82) is 0 Å². The molecule has 1 rings (SSSR count). The van der Waals surface area contributed by atoms with E-state index in [-0.39, 0.29) is 23.4 Å². The second-order valence-electron chi connectivity index (χ2n) is 3.77. The van der Waals surface area contributed by atoms with Crippen LogP contribution in [-0.2, 0) is 14.3 Å².